The summed E-state index contributed by atoms with van der Waals surface area (Å²) < 4.78 is 12.6. The van der Waals surface area contributed by atoms with Gasteiger partial charge in [0, 0.05) is 43.6 Å². The highest BCUT2D eigenvalue weighted by molar-refractivity contribution is 6.27. The van der Waals surface area contributed by atoms with Gasteiger partial charge >= 0.3 is 0 Å². The molecule has 8 aromatic carbocycles. The van der Waals surface area contributed by atoms with Gasteiger partial charge in [-0.25, -0.2) is 15.0 Å². The normalized spacial score (nSPS) is 12.0. The fourth-order valence-electron chi connectivity index (χ4n) is 7.63. The average molecular weight is 640 g/mol. The molecule has 0 amide bonds. The van der Waals surface area contributed by atoms with E-state index in [0.717, 1.165) is 87.5 Å². The summed E-state index contributed by atoms with van der Waals surface area (Å²) in [6.07, 6.45) is 0. The van der Waals surface area contributed by atoms with Crippen LogP contribution in [0.4, 0.5) is 0 Å². The lowest BCUT2D eigenvalue weighted by Crippen LogP contribution is -2.01. The monoisotopic (exact) mass is 639 g/mol. The van der Waals surface area contributed by atoms with Gasteiger partial charge in [-0.15, -0.1) is 0 Å². The van der Waals surface area contributed by atoms with Crippen LogP contribution in [0.5, 0.6) is 0 Å². The molecule has 0 fully saturated rings. The number of hydrogen-bond donors (Lipinski definition) is 0. The molecular weight excluding hydrogens is 615 g/mol. The van der Waals surface area contributed by atoms with E-state index in [1.54, 1.807) is 0 Å². The number of aromatic nitrogens is 3. The highest BCUT2D eigenvalue weighted by Crippen LogP contribution is 2.41. The van der Waals surface area contributed by atoms with Gasteiger partial charge in [0.05, 0.1) is 0 Å². The van der Waals surface area contributed by atoms with Crippen LogP contribution in [0.25, 0.3) is 110 Å². The van der Waals surface area contributed by atoms with Gasteiger partial charge in [-0.1, -0.05) is 121 Å². The second kappa shape index (κ2) is 10.3. The number of furan rings is 2. The van der Waals surface area contributed by atoms with Crippen molar-refractivity contribution in [1.29, 1.82) is 0 Å². The topological polar surface area (TPSA) is 65.0 Å². The Labute approximate surface area is 285 Å². The second-order valence-corrected chi connectivity index (χ2v) is 12.7. The zero-order valence-electron chi connectivity index (χ0n) is 26.6. The van der Waals surface area contributed by atoms with Crippen molar-refractivity contribution < 1.29 is 8.83 Å². The number of rotatable bonds is 3. The minimum absolute atomic E-state index is 0.594. The van der Waals surface area contributed by atoms with Crippen LogP contribution in [-0.4, -0.2) is 15.0 Å². The van der Waals surface area contributed by atoms with E-state index in [4.69, 9.17) is 23.8 Å². The molecule has 3 aromatic heterocycles. The molecule has 232 valence electrons. The van der Waals surface area contributed by atoms with Crippen LogP contribution < -0.4 is 0 Å². The highest BCUT2D eigenvalue weighted by atomic mass is 16.3. The lowest BCUT2D eigenvalue weighted by Gasteiger charge is -2.12. The van der Waals surface area contributed by atoms with Crippen molar-refractivity contribution in [2.24, 2.45) is 0 Å². The molecule has 5 heteroatoms. The molecule has 0 N–H and O–H groups in total. The van der Waals surface area contributed by atoms with Gasteiger partial charge in [0.2, 0.25) is 0 Å². The first-order chi connectivity index (χ1) is 24.8. The Morgan fingerprint density at radius 1 is 0.320 bits per heavy atom. The summed E-state index contributed by atoms with van der Waals surface area (Å²) in [6.45, 7) is 0. The standard InChI is InChI=1S/C45H25N3O2/c1-2-10-28-25-29(20-19-26(28)9-1)43-46-44(48-45(47-43)35-15-8-18-38-41(35)33-11-3-5-16-36(33)49-38)32-14-7-13-31-30(32)23-21-27-22-24-39-42(40(27)31)34-12-4-6-17-37(34)50-39/h1-25H. The number of fused-ring (bicyclic) bond motifs is 11. The summed E-state index contributed by atoms with van der Waals surface area (Å²) in [4.78, 5) is 15.6. The Morgan fingerprint density at radius 3 is 1.74 bits per heavy atom. The number of benzene rings is 8. The number of nitrogens with zero attached hydrogens (tertiary/aromatic N) is 3. The first kappa shape index (κ1) is 27.1. The molecule has 0 saturated carbocycles. The van der Waals surface area contributed by atoms with E-state index in [1.165, 1.54) is 5.39 Å². The first-order valence-electron chi connectivity index (χ1n) is 16.7. The summed E-state index contributed by atoms with van der Waals surface area (Å²) in [6, 6.07) is 52.2. The fourth-order valence-corrected chi connectivity index (χ4v) is 7.63. The molecule has 0 spiro atoms. The molecule has 0 atom stereocenters. The molecule has 50 heavy (non-hydrogen) atoms. The lowest BCUT2D eigenvalue weighted by molar-refractivity contribution is 0.668. The van der Waals surface area contributed by atoms with Crippen molar-refractivity contribution >= 4 is 76.2 Å². The Morgan fingerprint density at radius 2 is 0.900 bits per heavy atom. The van der Waals surface area contributed by atoms with Crippen molar-refractivity contribution in [3.63, 3.8) is 0 Å². The van der Waals surface area contributed by atoms with Crippen LogP contribution >= 0.6 is 0 Å². The predicted molar refractivity (Wildman–Crippen MR) is 203 cm³/mol. The Bertz CT molecular complexity index is 3170. The molecule has 0 unspecified atom stereocenters. The third-order valence-corrected chi connectivity index (χ3v) is 9.91. The van der Waals surface area contributed by atoms with E-state index in [-0.39, 0.29) is 0 Å². The van der Waals surface area contributed by atoms with Crippen LogP contribution in [0.2, 0.25) is 0 Å². The number of para-hydroxylation sites is 2. The van der Waals surface area contributed by atoms with Gasteiger partial charge in [-0.05, 0) is 57.3 Å². The zero-order chi connectivity index (χ0) is 32.8. The third kappa shape index (κ3) is 3.98. The van der Waals surface area contributed by atoms with Gasteiger partial charge in [0.1, 0.15) is 22.3 Å². The summed E-state index contributed by atoms with van der Waals surface area (Å²) >= 11 is 0. The Balaban J connectivity index is 1.22. The molecule has 0 radical (unpaired) electrons. The van der Waals surface area contributed by atoms with E-state index in [1.807, 2.05) is 42.5 Å². The molecule has 0 bridgehead atoms. The molecule has 5 nitrogen and oxygen atoms in total. The van der Waals surface area contributed by atoms with Crippen molar-refractivity contribution in [2.75, 3.05) is 0 Å². The zero-order valence-corrected chi connectivity index (χ0v) is 26.6. The van der Waals surface area contributed by atoms with Crippen molar-refractivity contribution in [3.05, 3.63) is 152 Å². The molecule has 11 aromatic rings. The van der Waals surface area contributed by atoms with E-state index >= 15 is 0 Å². The largest absolute Gasteiger partial charge is 0.456 e. The predicted octanol–water partition coefficient (Wildman–Crippen LogP) is 12.1. The lowest BCUT2D eigenvalue weighted by atomic mass is 9.95. The SMILES string of the molecule is c1ccc2cc(-c3nc(-c4cccc5c4ccc4ccc6oc7ccccc7c6c45)nc(-c4cccc5oc6ccccc6c45)n3)ccc2c1. The van der Waals surface area contributed by atoms with Gasteiger partial charge in [0.15, 0.2) is 17.5 Å². The van der Waals surface area contributed by atoms with Crippen molar-refractivity contribution in [1.82, 2.24) is 15.0 Å². The molecule has 11 rings (SSSR count). The maximum atomic E-state index is 6.30. The molecule has 3 heterocycles. The summed E-state index contributed by atoms with van der Waals surface area (Å²) in [5, 5.41) is 11.0. The van der Waals surface area contributed by atoms with Crippen LogP contribution in [-0.2, 0) is 0 Å². The van der Waals surface area contributed by atoms with E-state index in [0.29, 0.717) is 17.5 Å². The van der Waals surface area contributed by atoms with Crippen LogP contribution in [0.3, 0.4) is 0 Å². The Kier molecular flexibility index (Phi) is 5.60. The Hall–Kier alpha value is -6.85. The quantitative estimate of drug-likeness (QED) is 0.180. The van der Waals surface area contributed by atoms with Gasteiger partial charge in [-0.3, -0.25) is 0 Å². The minimum atomic E-state index is 0.594. The second-order valence-electron chi connectivity index (χ2n) is 12.7. The van der Waals surface area contributed by atoms with Gasteiger partial charge in [0.25, 0.3) is 0 Å². The fraction of sp³-hybridized carbons (Fsp3) is 0. The maximum absolute atomic E-state index is 6.30. The van der Waals surface area contributed by atoms with Crippen LogP contribution in [0, 0.1) is 0 Å². The van der Waals surface area contributed by atoms with E-state index in [2.05, 4.69) is 109 Å². The molecular formula is C45H25N3O2. The van der Waals surface area contributed by atoms with Crippen LogP contribution in [0.1, 0.15) is 0 Å². The molecule has 0 aliphatic carbocycles. The van der Waals surface area contributed by atoms with E-state index < -0.39 is 0 Å². The van der Waals surface area contributed by atoms with Gasteiger partial charge < -0.3 is 8.83 Å². The summed E-state index contributed by atoms with van der Waals surface area (Å²) in [5.41, 5.74) is 6.14. The van der Waals surface area contributed by atoms with Crippen molar-refractivity contribution in [3.8, 4) is 34.2 Å². The van der Waals surface area contributed by atoms with E-state index in [9.17, 15) is 0 Å². The molecule has 0 aliphatic heterocycles. The summed E-state index contributed by atoms with van der Waals surface area (Å²) in [7, 11) is 0. The molecule has 0 aliphatic rings. The maximum Gasteiger partial charge on any atom is 0.164 e. The highest BCUT2D eigenvalue weighted by Gasteiger charge is 2.20. The smallest absolute Gasteiger partial charge is 0.164 e. The molecule has 0 saturated heterocycles. The summed E-state index contributed by atoms with van der Waals surface area (Å²) in [5.74, 6) is 1.81. The number of hydrogen-bond acceptors (Lipinski definition) is 5. The van der Waals surface area contributed by atoms with Crippen LogP contribution in [0.15, 0.2) is 160 Å². The minimum Gasteiger partial charge on any atom is -0.456 e. The first-order valence-corrected chi connectivity index (χ1v) is 16.7. The van der Waals surface area contributed by atoms with Gasteiger partial charge in [-0.2, -0.15) is 0 Å². The third-order valence-electron chi connectivity index (χ3n) is 9.91. The average Bonchev–Trinajstić information content (AvgIpc) is 3.76. The van der Waals surface area contributed by atoms with Crippen molar-refractivity contribution in [2.45, 2.75) is 0 Å².